The minimum absolute atomic E-state index is 0.106. The van der Waals surface area contributed by atoms with Crippen molar-refractivity contribution in [1.29, 1.82) is 0 Å². The monoisotopic (exact) mass is 399 g/mol. The molecule has 0 aromatic heterocycles. The largest absolute Gasteiger partial charge is 0.352 e. The molecule has 1 aromatic carbocycles. The number of nitrogens with zero attached hydrogens (tertiary/aromatic N) is 2. The lowest BCUT2D eigenvalue weighted by Crippen LogP contribution is -2.53. The number of hydrogen-bond acceptors (Lipinski definition) is 3. The average molecular weight is 400 g/mol. The van der Waals surface area contributed by atoms with Gasteiger partial charge in [0.05, 0.1) is 6.54 Å². The highest BCUT2D eigenvalue weighted by molar-refractivity contribution is 7.86. The minimum Gasteiger partial charge on any atom is -0.352 e. The summed E-state index contributed by atoms with van der Waals surface area (Å²) in [6.45, 7) is 0.997. The zero-order valence-corrected chi connectivity index (χ0v) is 16.4. The fourth-order valence-corrected chi connectivity index (χ4v) is 5.51. The number of amides is 1. The molecule has 1 heterocycles. The van der Waals surface area contributed by atoms with Gasteiger partial charge in [-0.3, -0.25) is 4.79 Å². The van der Waals surface area contributed by atoms with E-state index in [0.29, 0.717) is 24.5 Å². The molecule has 0 atom stereocenters. The summed E-state index contributed by atoms with van der Waals surface area (Å²) in [5.41, 5.74) is 0.842. The van der Waals surface area contributed by atoms with Gasteiger partial charge in [0.15, 0.2) is 0 Å². The molecule has 0 unspecified atom stereocenters. The summed E-state index contributed by atoms with van der Waals surface area (Å²) in [5.74, 6) is -0.204. The molecule has 6 nitrogen and oxygen atoms in total. The van der Waals surface area contributed by atoms with Crippen molar-refractivity contribution < 1.29 is 13.2 Å². The second kappa shape index (κ2) is 8.69. The molecule has 1 aliphatic carbocycles. The zero-order valence-electron chi connectivity index (χ0n) is 14.9. The molecular formula is C18H26ClN3O3S. The summed E-state index contributed by atoms with van der Waals surface area (Å²) >= 11 is 5.99. The van der Waals surface area contributed by atoms with Crippen LogP contribution in [0.5, 0.6) is 0 Å². The van der Waals surface area contributed by atoms with Crippen molar-refractivity contribution in [1.82, 2.24) is 13.9 Å². The van der Waals surface area contributed by atoms with Crippen LogP contribution in [0.1, 0.15) is 44.1 Å². The summed E-state index contributed by atoms with van der Waals surface area (Å²) in [4.78, 5) is 12.3. The Morgan fingerprint density at radius 1 is 1.12 bits per heavy atom. The second-order valence-electron chi connectivity index (χ2n) is 7.06. The summed E-state index contributed by atoms with van der Waals surface area (Å²) in [5, 5.41) is 3.58. The van der Waals surface area contributed by atoms with Crippen molar-refractivity contribution in [2.45, 2.75) is 51.1 Å². The molecule has 1 aliphatic heterocycles. The zero-order chi connectivity index (χ0) is 18.6. The van der Waals surface area contributed by atoms with Crippen LogP contribution in [-0.2, 0) is 21.5 Å². The molecule has 0 radical (unpaired) electrons. The minimum atomic E-state index is -3.65. The third kappa shape index (κ3) is 4.97. The van der Waals surface area contributed by atoms with Crippen LogP contribution in [0.25, 0.3) is 0 Å². The molecular weight excluding hydrogens is 374 g/mol. The van der Waals surface area contributed by atoms with Crippen LogP contribution in [-0.4, -0.2) is 48.6 Å². The number of nitrogens with one attached hydrogen (secondary N) is 1. The van der Waals surface area contributed by atoms with Crippen molar-refractivity contribution in [3.05, 3.63) is 34.9 Å². The van der Waals surface area contributed by atoms with Crippen LogP contribution in [0.2, 0.25) is 5.02 Å². The van der Waals surface area contributed by atoms with Crippen LogP contribution < -0.4 is 5.32 Å². The second-order valence-corrected chi connectivity index (χ2v) is 9.43. The molecule has 2 aliphatic rings. The van der Waals surface area contributed by atoms with Gasteiger partial charge in [-0.25, -0.2) is 0 Å². The van der Waals surface area contributed by atoms with Crippen molar-refractivity contribution in [3.63, 3.8) is 0 Å². The number of halogens is 1. The fourth-order valence-electron chi connectivity index (χ4n) is 3.66. The van der Waals surface area contributed by atoms with Gasteiger partial charge in [-0.15, -0.1) is 0 Å². The third-order valence-corrected chi connectivity index (χ3v) is 7.17. The average Bonchev–Trinajstić information content (AvgIpc) is 2.59. The first-order valence-corrected chi connectivity index (χ1v) is 11.0. The topological polar surface area (TPSA) is 69.7 Å². The summed E-state index contributed by atoms with van der Waals surface area (Å²) in [6.07, 6.45) is 6.14. The number of benzene rings is 1. The molecule has 1 saturated carbocycles. The number of hydrogen-bond donors (Lipinski definition) is 1. The van der Waals surface area contributed by atoms with E-state index in [-0.39, 0.29) is 25.0 Å². The predicted octanol–water partition coefficient (Wildman–Crippen LogP) is 2.54. The van der Waals surface area contributed by atoms with Gasteiger partial charge in [0.2, 0.25) is 5.91 Å². The van der Waals surface area contributed by atoms with Crippen LogP contribution in [0.15, 0.2) is 24.3 Å². The highest BCUT2D eigenvalue weighted by Crippen LogP contribution is 2.21. The first kappa shape index (κ1) is 19.6. The predicted molar refractivity (Wildman–Crippen MR) is 102 cm³/mol. The van der Waals surface area contributed by atoms with Gasteiger partial charge in [-0.1, -0.05) is 43.0 Å². The van der Waals surface area contributed by atoms with Crippen molar-refractivity contribution in [3.8, 4) is 0 Å². The number of carbonyl (C=O) groups excluding carboxylic acids is 1. The normalized spacial score (nSPS) is 22.2. The molecule has 1 saturated heterocycles. The van der Waals surface area contributed by atoms with E-state index in [1.165, 1.54) is 15.0 Å². The molecule has 144 valence electrons. The smallest absolute Gasteiger partial charge is 0.282 e. The van der Waals surface area contributed by atoms with Gasteiger partial charge >= 0.3 is 0 Å². The van der Waals surface area contributed by atoms with Gasteiger partial charge in [-0.2, -0.15) is 17.0 Å². The number of rotatable bonds is 5. The highest BCUT2D eigenvalue weighted by atomic mass is 35.5. The van der Waals surface area contributed by atoms with Crippen LogP contribution in [0, 0.1) is 0 Å². The van der Waals surface area contributed by atoms with E-state index in [1.54, 1.807) is 12.1 Å². The van der Waals surface area contributed by atoms with Gasteiger partial charge in [-0.05, 0) is 37.0 Å². The molecule has 2 fully saturated rings. The quantitative estimate of drug-likeness (QED) is 0.827. The standard InChI is InChI=1S/C18H26ClN3O3S/c19-16-7-4-6-15(12-16)13-21-10-5-11-22(26(21,24)25)14-18(23)20-17-8-2-1-3-9-17/h4,6-7,12,17H,1-3,5,8-11,13-14H2,(H,20,23). The van der Waals surface area contributed by atoms with Gasteiger partial charge in [0.25, 0.3) is 10.2 Å². The lowest BCUT2D eigenvalue weighted by atomic mass is 9.95. The Morgan fingerprint density at radius 2 is 1.85 bits per heavy atom. The number of carbonyl (C=O) groups is 1. The van der Waals surface area contributed by atoms with Gasteiger partial charge in [0.1, 0.15) is 0 Å². The Balaban J connectivity index is 1.61. The van der Waals surface area contributed by atoms with Crippen molar-refractivity contribution >= 4 is 27.7 Å². The third-order valence-electron chi connectivity index (χ3n) is 5.01. The Hall–Kier alpha value is -1.15. The molecule has 3 rings (SSSR count). The maximum absolute atomic E-state index is 12.9. The first-order chi connectivity index (χ1) is 12.4. The fraction of sp³-hybridized carbons (Fsp3) is 0.611. The molecule has 0 spiro atoms. The van der Waals surface area contributed by atoms with E-state index >= 15 is 0 Å². The Labute approximate surface area is 160 Å². The van der Waals surface area contributed by atoms with E-state index < -0.39 is 10.2 Å². The molecule has 1 amide bonds. The lowest BCUT2D eigenvalue weighted by Gasteiger charge is -2.34. The highest BCUT2D eigenvalue weighted by Gasteiger charge is 2.35. The molecule has 1 aromatic rings. The van der Waals surface area contributed by atoms with E-state index in [2.05, 4.69) is 5.32 Å². The van der Waals surface area contributed by atoms with Gasteiger partial charge < -0.3 is 5.32 Å². The van der Waals surface area contributed by atoms with E-state index in [9.17, 15) is 13.2 Å². The summed E-state index contributed by atoms with van der Waals surface area (Å²) in [6, 6.07) is 7.38. The van der Waals surface area contributed by atoms with Gasteiger partial charge in [0, 0.05) is 30.7 Å². The summed E-state index contributed by atoms with van der Waals surface area (Å²) in [7, 11) is -3.65. The molecule has 0 bridgehead atoms. The molecule has 1 N–H and O–H groups in total. The Kier molecular flexibility index (Phi) is 6.55. The van der Waals surface area contributed by atoms with Crippen LogP contribution >= 0.6 is 11.6 Å². The van der Waals surface area contributed by atoms with Crippen LogP contribution in [0.4, 0.5) is 0 Å². The van der Waals surface area contributed by atoms with E-state index in [4.69, 9.17) is 11.6 Å². The maximum atomic E-state index is 12.9. The Bertz CT molecular complexity index is 735. The maximum Gasteiger partial charge on any atom is 0.282 e. The van der Waals surface area contributed by atoms with Crippen molar-refractivity contribution in [2.75, 3.05) is 19.6 Å². The van der Waals surface area contributed by atoms with Crippen LogP contribution in [0.3, 0.4) is 0 Å². The van der Waals surface area contributed by atoms with E-state index in [0.717, 1.165) is 31.2 Å². The Morgan fingerprint density at radius 3 is 2.58 bits per heavy atom. The summed E-state index contributed by atoms with van der Waals surface area (Å²) < 4.78 is 28.5. The lowest BCUT2D eigenvalue weighted by molar-refractivity contribution is -0.122. The van der Waals surface area contributed by atoms with E-state index in [1.807, 2.05) is 12.1 Å². The van der Waals surface area contributed by atoms with Crippen molar-refractivity contribution in [2.24, 2.45) is 0 Å². The molecule has 8 heteroatoms. The SMILES string of the molecule is O=C(CN1CCCN(Cc2cccc(Cl)c2)S1(=O)=O)NC1CCCCC1. The first-order valence-electron chi connectivity index (χ1n) is 9.24. The molecule has 26 heavy (non-hydrogen) atoms.